The molecular weight excluding hydrogens is 268 g/mol. The molecule has 4 nitrogen and oxygen atoms in total. The van der Waals surface area contributed by atoms with Crippen LogP contribution < -0.4 is 5.32 Å². The van der Waals surface area contributed by atoms with E-state index in [0.29, 0.717) is 17.0 Å². The molecule has 0 aliphatic heterocycles. The van der Waals surface area contributed by atoms with Gasteiger partial charge in [-0.1, -0.05) is 6.42 Å². The molecule has 1 N–H and O–H groups in total. The van der Waals surface area contributed by atoms with Crippen molar-refractivity contribution >= 4 is 34.1 Å². The zero-order valence-corrected chi connectivity index (χ0v) is 12.3. The highest BCUT2D eigenvalue weighted by molar-refractivity contribution is 8.00. The molecule has 0 spiro atoms. The molecule has 18 heavy (non-hydrogen) atoms. The zero-order chi connectivity index (χ0) is 13.0. The summed E-state index contributed by atoms with van der Waals surface area (Å²) in [5.74, 6) is -0.340. The summed E-state index contributed by atoms with van der Waals surface area (Å²) in [6.45, 7) is 3.07. The van der Waals surface area contributed by atoms with Crippen LogP contribution in [0.15, 0.2) is 5.51 Å². The molecule has 0 aromatic carbocycles. The quantitative estimate of drug-likeness (QED) is 0.815. The van der Waals surface area contributed by atoms with Crippen LogP contribution in [-0.4, -0.2) is 35.1 Å². The SMILES string of the molecule is CCOC(=O)c1ncsc1NCC1(SC)CCC1. The maximum atomic E-state index is 11.7. The monoisotopic (exact) mass is 286 g/mol. The minimum atomic E-state index is -0.340. The first kappa shape index (κ1) is 13.7. The summed E-state index contributed by atoms with van der Waals surface area (Å²) < 4.78 is 5.33. The van der Waals surface area contributed by atoms with Crippen LogP contribution >= 0.6 is 23.1 Å². The number of hydrogen-bond donors (Lipinski definition) is 1. The Kier molecular flexibility index (Phi) is 4.50. The van der Waals surface area contributed by atoms with Crippen molar-refractivity contribution in [3.8, 4) is 0 Å². The lowest BCUT2D eigenvalue weighted by atomic mass is 9.84. The average Bonchev–Trinajstić information content (AvgIpc) is 2.77. The molecule has 0 radical (unpaired) electrons. The fourth-order valence-corrected chi connectivity index (χ4v) is 3.56. The zero-order valence-electron chi connectivity index (χ0n) is 10.7. The van der Waals surface area contributed by atoms with Gasteiger partial charge in [0.2, 0.25) is 0 Å². The second kappa shape index (κ2) is 5.93. The number of hydrogen-bond acceptors (Lipinski definition) is 6. The lowest BCUT2D eigenvalue weighted by Crippen LogP contribution is -2.40. The van der Waals surface area contributed by atoms with Gasteiger partial charge in [-0.05, 0) is 26.0 Å². The second-order valence-electron chi connectivity index (χ2n) is 4.34. The van der Waals surface area contributed by atoms with E-state index in [2.05, 4.69) is 16.6 Å². The standard InChI is InChI=1S/C12H18N2O2S2/c1-3-16-11(15)9-10(18-8-14-9)13-7-12(17-2)5-4-6-12/h8,13H,3-7H2,1-2H3. The third kappa shape index (κ3) is 2.80. The van der Waals surface area contributed by atoms with Crippen molar-refractivity contribution in [2.24, 2.45) is 0 Å². The topological polar surface area (TPSA) is 51.2 Å². The summed E-state index contributed by atoms with van der Waals surface area (Å²) in [5, 5.41) is 4.19. The Balaban J connectivity index is 1.97. The van der Waals surface area contributed by atoms with Gasteiger partial charge in [-0.2, -0.15) is 11.8 Å². The minimum Gasteiger partial charge on any atom is -0.461 e. The molecule has 2 rings (SSSR count). The highest BCUT2D eigenvalue weighted by Gasteiger charge is 2.36. The second-order valence-corrected chi connectivity index (χ2v) is 6.47. The molecule has 1 aliphatic carbocycles. The van der Waals surface area contributed by atoms with E-state index in [0.717, 1.165) is 11.5 Å². The summed E-state index contributed by atoms with van der Waals surface area (Å²) in [6.07, 6.45) is 5.94. The number of carbonyl (C=O) groups is 1. The molecule has 100 valence electrons. The van der Waals surface area contributed by atoms with E-state index in [1.54, 1.807) is 12.4 Å². The van der Waals surface area contributed by atoms with Gasteiger partial charge in [-0.15, -0.1) is 11.3 Å². The largest absolute Gasteiger partial charge is 0.461 e. The maximum absolute atomic E-state index is 11.7. The number of anilines is 1. The van der Waals surface area contributed by atoms with Crippen molar-refractivity contribution in [3.05, 3.63) is 11.2 Å². The summed E-state index contributed by atoms with van der Waals surface area (Å²) in [6, 6.07) is 0. The van der Waals surface area contributed by atoms with E-state index in [-0.39, 0.29) is 5.97 Å². The van der Waals surface area contributed by atoms with Crippen LogP contribution in [0.1, 0.15) is 36.7 Å². The number of nitrogens with one attached hydrogen (secondary N) is 1. The molecule has 0 saturated heterocycles. The summed E-state index contributed by atoms with van der Waals surface area (Å²) >= 11 is 3.37. The third-order valence-corrected chi connectivity index (χ3v) is 5.51. The Hall–Kier alpha value is -0.750. The Bertz CT molecular complexity index is 410. The molecule has 1 aliphatic rings. The minimum absolute atomic E-state index is 0.340. The molecule has 1 saturated carbocycles. The first-order chi connectivity index (χ1) is 8.71. The van der Waals surface area contributed by atoms with Crippen LogP contribution in [0.4, 0.5) is 5.00 Å². The predicted octanol–water partition coefficient (Wildman–Crippen LogP) is 3.02. The van der Waals surface area contributed by atoms with Crippen LogP contribution in [-0.2, 0) is 4.74 Å². The van der Waals surface area contributed by atoms with E-state index in [9.17, 15) is 4.79 Å². The van der Waals surface area contributed by atoms with Gasteiger partial charge in [0.05, 0.1) is 12.1 Å². The molecule has 0 amide bonds. The van der Waals surface area contributed by atoms with Crippen molar-refractivity contribution in [2.75, 3.05) is 24.7 Å². The lowest BCUT2D eigenvalue weighted by Gasteiger charge is -2.40. The highest BCUT2D eigenvalue weighted by Crippen LogP contribution is 2.43. The van der Waals surface area contributed by atoms with Crippen LogP contribution in [0, 0.1) is 0 Å². The average molecular weight is 286 g/mol. The number of carbonyl (C=O) groups excluding carboxylic acids is 1. The predicted molar refractivity (Wildman–Crippen MR) is 76.7 cm³/mol. The molecule has 0 bridgehead atoms. The summed E-state index contributed by atoms with van der Waals surface area (Å²) in [4.78, 5) is 15.8. The smallest absolute Gasteiger partial charge is 0.360 e. The van der Waals surface area contributed by atoms with Crippen molar-refractivity contribution in [2.45, 2.75) is 30.9 Å². The van der Waals surface area contributed by atoms with Crippen LogP contribution in [0.5, 0.6) is 0 Å². The fraction of sp³-hybridized carbons (Fsp3) is 0.667. The Morgan fingerprint density at radius 2 is 2.44 bits per heavy atom. The van der Waals surface area contributed by atoms with Crippen LogP contribution in [0.25, 0.3) is 0 Å². The van der Waals surface area contributed by atoms with Crippen molar-refractivity contribution < 1.29 is 9.53 Å². The van der Waals surface area contributed by atoms with Gasteiger partial charge >= 0.3 is 5.97 Å². The molecule has 1 heterocycles. The number of aromatic nitrogens is 1. The Labute approximate surface area is 116 Å². The van der Waals surface area contributed by atoms with Gasteiger partial charge in [-0.25, -0.2) is 9.78 Å². The number of nitrogens with zero attached hydrogens (tertiary/aromatic N) is 1. The van der Waals surface area contributed by atoms with E-state index < -0.39 is 0 Å². The molecule has 0 unspecified atom stereocenters. The van der Waals surface area contributed by atoms with Gasteiger partial charge in [-0.3, -0.25) is 0 Å². The molecule has 1 fully saturated rings. The first-order valence-electron chi connectivity index (χ1n) is 6.10. The van der Waals surface area contributed by atoms with E-state index in [1.165, 1.54) is 30.6 Å². The lowest BCUT2D eigenvalue weighted by molar-refractivity contribution is 0.0521. The van der Waals surface area contributed by atoms with Crippen LogP contribution in [0.2, 0.25) is 0 Å². The molecular formula is C12H18N2O2S2. The third-order valence-electron chi connectivity index (χ3n) is 3.31. The molecule has 1 aromatic heterocycles. The Morgan fingerprint density at radius 3 is 3.00 bits per heavy atom. The number of rotatable bonds is 6. The molecule has 1 aromatic rings. The fourth-order valence-electron chi connectivity index (χ4n) is 1.98. The van der Waals surface area contributed by atoms with Gasteiger partial charge in [0.25, 0.3) is 0 Å². The number of thioether (sulfide) groups is 1. The van der Waals surface area contributed by atoms with Crippen molar-refractivity contribution in [1.29, 1.82) is 0 Å². The van der Waals surface area contributed by atoms with Gasteiger partial charge in [0.1, 0.15) is 5.00 Å². The van der Waals surface area contributed by atoms with Crippen LogP contribution in [0.3, 0.4) is 0 Å². The van der Waals surface area contributed by atoms with Gasteiger partial charge < -0.3 is 10.1 Å². The Morgan fingerprint density at radius 1 is 1.67 bits per heavy atom. The summed E-state index contributed by atoms with van der Waals surface area (Å²) in [5.41, 5.74) is 2.10. The van der Waals surface area contributed by atoms with Gasteiger partial charge in [0.15, 0.2) is 5.69 Å². The molecule has 6 heteroatoms. The van der Waals surface area contributed by atoms with E-state index in [1.807, 2.05) is 11.8 Å². The van der Waals surface area contributed by atoms with E-state index in [4.69, 9.17) is 4.74 Å². The normalized spacial score (nSPS) is 17.0. The molecule has 0 atom stereocenters. The number of thiazole rings is 1. The summed E-state index contributed by atoms with van der Waals surface area (Å²) in [7, 11) is 0. The highest BCUT2D eigenvalue weighted by atomic mass is 32.2. The number of esters is 1. The maximum Gasteiger partial charge on any atom is 0.360 e. The first-order valence-corrected chi connectivity index (χ1v) is 8.21. The van der Waals surface area contributed by atoms with Crippen molar-refractivity contribution in [3.63, 3.8) is 0 Å². The number of ether oxygens (including phenoxy) is 1. The van der Waals surface area contributed by atoms with Crippen molar-refractivity contribution in [1.82, 2.24) is 4.98 Å². The van der Waals surface area contributed by atoms with E-state index >= 15 is 0 Å². The van der Waals surface area contributed by atoms with Gasteiger partial charge in [0, 0.05) is 11.3 Å².